The van der Waals surface area contributed by atoms with Crippen LogP contribution in [-0.4, -0.2) is 35.9 Å². The van der Waals surface area contributed by atoms with Crippen molar-refractivity contribution in [3.8, 4) is 11.5 Å². The average molecular weight is 496 g/mol. The fraction of sp³-hybridized carbons (Fsp3) is 0.167. The van der Waals surface area contributed by atoms with E-state index in [1.165, 1.54) is 5.39 Å². The molecule has 1 unspecified atom stereocenters. The molecule has 0 fully saturated rings. The van der Waals surface area contributed by atoms with Crippen LogP contribution in [0.25, 0.3) is 21.8 Å². The molecule has 37 heavy (non-hydrogen) atoms. The smallest absolute Gasteiger partial charge is 0.211 e. The van der Waals surface area contributed by atoms with Crippen LogP contribution in [0.2, 0.25) is 0 Å². The summed E-state index contributed by atoms with van der Waals surface area (Å²) in [7, 11) is 0. The Labute approximate surface area is 215 Å². The molecule has 1 aromatic heterocycles. The van der Waals surface area contributed by atoms with E-state index in [-0.39, 0.29) is 0 Å². The van der Waals surface area contributed by atoms with Crippen LogP contribution in [0.3, 0.4) is 0 Å². The topological polar surface area (TPSA) is 95.6 Å². The summed E-state index contributed by atoms with van der Waals surface area (Å²) >= 11 is 0. The minimum absolute atomic E-state index is 0.369. The predicted molar refractivity (Wildman–Crippen MR) is 146 cm³/mol. The van der Waals surface area contributed by atoms with Gasteiger partial charge in [0, 0.05) is 35.3 Å². The number of rotatable bonds is 12. The van der Waals surface area contributed by atoms with E-state index in [0.717, 1.165) is 33.3 Å². The van der Waals surface area contributed by atoms with Gasteiger partial charge in [0.25, 0.3) is 0 Å². The van der Waals surface area contributed by atoms with Crippen LogP contribution in [0.1, 0.15) is 11.1 Å². The van der Waals surface area contributed by atoms with Crippen molar-refractivity contribution in [2.24, 2.45) is 0 Å². The van der Waals surface area contributed by atoms with Crippen LogP contribution in [0.15, 0.2) is 91.0 Å². The number of anilines is 1. The fourth-order valence-corrected chi connectivity index (χ4v) is 4.35. The molecule has 4 aromatic carbocycles. The molecule has 4 N–H and O–H groups in total. The maximum atomic E-state index is 11.1. The number of aromatic amines is 1. The summed E-state index contributed by atoms with van der Waals surface area (Å²) < 4.78 is 11.8. The molecule has 1 atom stereocenters. The summed E-state index contributed by atoms with van der Waals surface area (Å²) in [6.07, 6.45) is 0.223. The van der Waals surface area contributed by atoms with E-state index in [1.54, 1.807) is 6.07 Å². The van der Waals surface area contributed by atoms with Gasteiger partial charge < -0.3 is 24.9 Å². The first-order valence-corrected chi connectivity index (χ1v) is 12.2. The molecule has 0 aliphatic carbocycles. The number of hydrogen-bond acceptors (Lipinski definition) is 5. The second-order valence-electron chi connectivity index (χ2n) is 8.77. The lowest BCUT2D eigenvalue weighted by Gasteiger charge is -2.16. The lowest BCUT2D eigenvalue weighted by molar-refractivity contribution is -0.105. The monoisotopic (exact) mass is 495 g/mol. The van der Waals surface area contributed by atoms with E-state index < -0.39 is 6.23 Å². The minimum Gasteiger partial charge on any atom is -0.492 e. The second kappa shape index (κ2) is 11.6. The Hall–Kier alpha value is -4.33. The molecule has 0 saturated heterocycles. The number of aliphatic hydroxyl groups is 1. The van der Waals surface area contributed by atoms with Crippen LogP contribution in [0.4, 0.5) is 5.69 Å². The summed E-state index contributed by atoms with van der Waals surface area (Å²) in [6.45, 7) is 1.28. The molecule has 0 bridgehead atoms. The van der Waals surface area contributed by atoms with Crippen molar-refractivity contribution in [3.63, 3.8) is 0 Å². The summed E-state index contributed by atoms with van der Waals surface area (Å²) in [6, 6.07) is 29.5. The predicted octanol–water partition coefficient (Wildman–Crippen LogP) is 5.00. The lowest BCUT2D eigenvalue weighted by Crippen LogP contribution is -2.34. The van der Waals surface area contributed by atoms with Crippen LogP contribution < -0.4 is 20.1 Å². The summed E-state index contributed by atoms with van der Waals surface area (Å²) in [4.78, 5) is 14.5. The van der Waals surface area contributed by atoms with Crippen molar-refractivity contribution < 1.29 is 19.4 Å². The quantitative estimate of drug-likeness (QED) is 0.111. The average Bonchev–Trinajstić information content (AvgIpc) is 3.29. The first-order chi connectivity index (χ1) is 18.2. The van der Waals surface area contributed by atoms with Crippen LogP contribution in [0.5, 0.6) is 11.5 Å². The Morgan fingerprint density at radius 2 is 1.65 bits per heavy atom. The van der Waals surface area contributed by atoms with E-state index in [2.05, 4.69) is 33.8 Å². The van der Waals surface area contributed by atoms with Gasteiger partial charge in [-0.1, -0.05) is 54.6 Å². The van der Waals surface area contributed by atoms with Gasteiger partial charge in [0.1, 0.15) is 30.9 Å². The van der Waals surface area contributed by atoms with E-state index >= 15 is 0 Å². The number of fused-ring (bicyclic) bond motifs is 3. The Kier molecular flexibility index (Phi) is 7.64. The van der Waals surface area contributed by atoms with Crippen molar-refractivity contribution in [1.82, 2.24) is 10.3 Å². The molecular formula is C30H29N3O4. The minimum atomic E-state index is -0.764. The number of nitrogens with one attached hydrogen (secondary N) is 3. The Morgan fingerprint density at radius 3 is 2.51 bits per heavy atom. The number of carbonyl (C=O) groups excluding carboxylic acids is 1. The number of benzene rings is 4. The maximum absolute atomic E-state index is 11.1. The van der Waals surface area contributed by atoms with Gasteiger partial charge in [0.2, 0.25) is 6.41 Å². The molecule has 0 aliphatic rings. The maximum Gasteiger partial charge on any atom is 0.211 e. The molecule has 1 amide bonds. The largest absolute Gasteiger partial charge is 0.492 e. The van der Waals surface area contributed by atoms with Gasteiger partial charge in [-0.2, -0.15) is 0 Å². The third-order valence-corrected chi connectivity index (χ3v) is 6.15. The standard InChI is InChI=1S/C30H29N3O4/c34-20-32-28-16-22(10-13-29(28)37-19-21-6-2-1-3-7-21)17-30(35)31-14-15-36-23-11-12-25-24-8-4-5-9-26(24)33-27(25)18-23/h1-13,16,18,20,30-31,33,35H,14-15,17,19H2,(H,32,34). The molecule has 0 spiro atoms. The van der Waals surface area contributed by atoms with Crippen LogP contribution in [0, 0.1) is 0 Å². The zero-order valence-corrected chi connectivity index (χ0v) is 20.3. The highest BCUT2D eigenvalue weighted by atomic mass is 16.5. The molecule has 0 radical (unpaired) electrons. The number of aliphatic hydroxyl groups excluding tert-OH is 1. The zero-order valence-electron chi connectivity index (χ0n) is 20.3. The third-order valence-electron chi connectivity index (χ3n) is 6.15. The van der Waals surface area contributed by atoms with Gasteiger partial charge in [-0.25, -0.2) is 0 Å². The Balaban J connectivity index is 1.12. The van der Waals surface area contributed by atoms with Crippen LogP contribution in [-0.2, 0) is 17.8 Å². The van der Waals surface area contributed by atoms with E-state index in [9.17, 15) is 9.90 Å². The third kappa shape index (κ3) is 6.09. The normalized spacial score (nSPS) is 11.9. The van der Waals surface area contributed by atoms with Crippen molar-refractivity contribution >= 4 is 33.9 Å². The number of carbonyl (C=O) groups is 1. The fourth-order valence-electron chi connectivity index (χ4n) is 4.35. The van der Waals surface area contributed by atoms with Gasteiger partial charge in [-0.3, -0.25) is 10.1 Å². The van der Waals surface area contributed by atoms with Gasteiger partial charge in [-0.15, -0.1) is 0 Å². The number of amides is 1. The van der Waals surface area contributed by atoms with Crippen molar-refractivity contribution in [2.45, 2.75) is 19.3 Å². The lowest BCUT2D eigenvalue weighted by atomic mass is 10.1. The van der Waals surface area contributed by atoms with Crippen LogP contribution >= 0.6 is 0 Å². The highest BCUT2D eigenvalue weighted by Gasteiger charge is 2.10. The van der Waals surface area contributed by atoms with E-state index in [4.69, 9.17) is 9.47 Å². The number of para-hydroxylation sites is 1. The summed E-state index contributed by atoms with van der Waals surface area (Å²) in [5.74, 6) is 1.34. The van der Waals surface area contributed by atoms with E-state index in [0.29, 0.717) is 44.0 Å². The summed E-state index contributed by atoms with van der Waals surface area (Å²) in [5.41, 5.74) is 4.59. The molecule has 7 heteroatoms. The number of ether oxygens (including phenoxy) is 2. The van der Waals surface area contributed by atoms with Gasteiger partial charge in [0.15, 0.2) is 0 Å². The van der Waals surface area contributed by atoms with E-state index in [1.807, 2.05) is 66.7 Å². The van der Waals surface area contributed by atoms with Crippen molar-refractivity contribution in [2.75, 3.05) is 18.5 Å². The highest BCUT2D eigenvalue weighted by molar-refractivity contribution is 6.07. The zero-order chi connectivity index (χ0) is 25.5. The number of hydrogen-bond donors (Lipinski definition) is 4. The Bertz CT molecular complexity index is 1480. The highest BCUT2D eigenvalue weighted by Crippen LogP contribution is 2.28. The molecule has 188 valence electrons. The summed E-state index contributed by atoms with van der Waals surface area (Å²) in [5, 5.41) is 18.6. The second-order valence-corrected chi connectivity index (χ2v) is 8.77. The molecular weight excluding hydrogens is 466 g/mol. The molecule has 5 rings (SSSR count). The first kappa shape index (κ1) is 24.4. The number of H-pyrrole nitrogens is 1. The molecule has 7 nitrogen and oxygen atoms in total. The Morgan fingerprint density at radius 1 is 0.838 bits per heavy atom. The molecule has 0 saturated carbocycles. The van der Waals surface area contributed by atoms with Gasteiger partial charge >= 0.3 is 0 Å². The van der Waals surface area contributed by atoms with Gasteiger partial charge in [-0.05, 0) is 41.5 Å². The van der Waals surface area contributed by atoms with Crippen molar-refractivity contribution in [3.05, 3.63) is 102 Å². The first-order valence-electron chi connectivity index (χ1n) is 12.2. The van der Waals surface area contributed by atoms with Gasteiger partial charge in [0.05, 0.1) is 11.2 Å². The molecule has 1 heterocycles. The molecule has 5 aromatic rings. The van der Waals surface area contributed by atoms with Crippen molar-refractivity contribution in [1.29, 1.82) is 0 Å². The molecule has 0 aliphatic heterocycles. The SMILES string of the molecule is O=CNc1cc(CC(O)NCCOc2ccc3c(c2)[nH]c2ccccc23)ccc1OCc1ccccc1. The number of aromatic nitrogens is 1.